The molecule has 0 spiro atoms. The molecule has 0 aliphatic heterocycles. The van der Waals surface area contributed by atoms with E-state index in [0.717, 1.165) is 13.0 Å². The molecule has 0 saturated carbocycles. The van der Waals surface area contributed by atoms with Crippen molar-refractivity contribution in [3.05, 3.63) is 37.0 Å². The standard InChI is InChI=1S/C13H21N/c1-3-5-9-12-14-13(4-2)10-7-6-8-11-13/h4,6-8,10,14H,2-3,5,9,11-12H2,1H3/t13-/m1/s1. The van der Waals surface area contributed by atoms with E-state index in [9.17, 15) is 0 Å². The van der Waals surface area contributed by atoms with E-state index in [0.29, 0.717) is 0 Å². The number of allylic oxidation sites excluding steroid dienone is 2. The molecule has 1 N–H and O–H groups in total. The summed E-state index contributed by atoms with van der Waals surface area (Å²) in [6.45, 7) is 7.22. The van der Waals surface area contributed by atoms with Gasteiger partial charge in [0.25, 0.3) is 0 Å². The van der Waals surface area contributed by atoms with Gasteiger partial charge in [0.1, 0.15) is 0 Å². The minimum atomic E-state index is 0.0164. The van der Waals surface area contributed by atoms with E-state index in [1.807, 2.05) is 6.08 Å². The third-order valence-electron chi connectivity index (χ3n) is 2.70. The zero-order chi connectivity index (χ0) is 10.3. The number of hydrogen-bond acceptors (Lipinski definition) is 1. The maximum absolute atomic E-state index is 3.91. The third kappa shape index (κ3) is 3.15. The van der Waals surface area contributed by atoms with Gasteiger partial charge in [-0.15, -0.1) is 6.58 Å². The Labute approximate surface area is 87.6 Å². The van der Waals surface area contributed by atoms with E-state index in [1.165, 1.54) is 19.3 Å². The molecule has 1 nitrogen and oxygen atoms in total. The van der Waals surface area contributed by atoms with Crippen molar-refractivity contribution in [3.8, 4) is 0 Å². The lowest BCUT2D eigenvalue weighted by Crippen LogP contribution is -2.42. The molecule has 0 saturated heterocycles. The van der Waals surface area contributed by atoms with Crippen LogP contribution in [0.5, 0.6) is 0 Å². The molecule has 1 aliphatic rings. The van der Waals surface area contributed by atoms with E-state index in [1.54, 1.807) is 0 Å². The van der Waals surface area contributed by atoms with Crippen molar-refractivity contribution < 1.29 is 0 Å². The Morgan fingerprint density at radius 3 is 2.86 bits per heavy atom. The maximum Gasteiger partial charge on any atom is 0.0585 e. The van der Waals surface area contributed by atoms with Crippen molar-refractivity contribution >= 4 is 0 Å². The van der Waals surface area contributed by atoms with Gasteiger partial charge >= 0.3 is 0 Å². The highest BCUT2D eigenvalue weighted by molar-refractivity contribution is 5.26. The summed E-state index contributed by atoms with van der Waals surface area (Å²) in [4.78, 5) is 0. The first-order valence-corrected chi connectivity index (χ1v) is 5.56. The van der Waals surface area contributed by atoms with Crippen LogP contribution in [-0.2, 0) is 0 Å². The first kappa shape index (κ1) is 11.3. The molecule has 0 aromatic rings. The molecular weight excluding hydrogens is 170 g/mol. The van der Waals surface area contributed by atoms with Crippen molar-refractivity contribution in [2.75, 3.05) is 6.54 Å². The molecule has 1 heteroatoms. The molecule has 0 amide bonds. The third-order valence-corrected chi connectivity index (χ3v) is 2.70. The van der Waals surface area contributed by atoms with Crippen LogP contribution in [-0.4, -0.2) is 12.1 Å². The first-order chi connectivity index (χ1) is 6.83. The van der Waals surface area contributed by atoms with E-state index in [2.05, 4.69) is 43.1 Å². The van der Waals surface area contributed by atoms with Crippen LogP contribution in [0.2, 0.25) is 0 Å². The molecular formula is C13H21N. The Balaban J connectivity index is 2.35. The highest BCUT2D eigenvalue weighted by Gasteiger charge is 2.21. The van der Waals surface area contributed by atoms with Gasteiger partial charge in [0, 0.05) is 0 Å². The van der Waals surface area contributed by atoms with Gasteiger partial charge in [-0.2, -0.15) is 0 Å². The second-order valence-corrected chi connectivity index (χ2v) is 3.87. The molecule has 0 aromatic carbocycles. The quantitative estimate of drug-likeness (QED) is 0.502. The Hall–Kier alpha value is -0.820. The second kappa shape index (κ2) is 5.82. The molecule has 0 aromatic heterocycles. The summed E-state index contributed by atoms with van der Waals surface area (Å²) in [5.74, 6) is 0. The molecule has 1 atom stereocenters. The lowest BCUT2D eigenvalue weighted by atomic mass is 9.91. The van der Waals surface area contributed by atoms with Crippen LogP contribution in [0.4, 0.5) is 0 Å². The van der Waals surface area contributed by atoms with Gasteiger partial charge in [0.2, 0.25) is 0 Å². The molecule has 0 bridgehead atoms. The van der Waals surface area contributed by atoms with Crippen LogP contribution in [0.3, 0.4) is 0 Å². The highest BCUT2D eigenvalue weighted by Crippen LogP contribution is 2.18. The summed E-state index contributed by atoms with van der Waals surface area (Å²) < 4.78 is 0. The molecule has 0 fully saturated rings. The molecule has 1 rings (SSSR count). The minimum absolute atomic E-state index is 0.0164. The molecule has 0 radical (unpaired) electrons. The fourth-order valence-electron chi connectivity index (χ4n) is 1.69. The van der Waals surface area contributed by atoms with Crippen LogP contribution in [0.25, 0.3) is 0 Å². The maximum atomic E-state index is 3.91. The second-order valence-electron chi connectivity index (χ2n) is 3.87. The lowest BCUT2D eigenvalue weighted by Gasteiger charge is -2.29. The zero-order valence-corrected chi connectivity index (χ0v) is 9.13. The Kier molecular flexibility index (Phi) is 4.68. The summed E-state index contributed by atoms with van der Waals surface area (Å²) in [6, 6.07) is 0. The van der Waals surface area contributed by atoms with Gasteiger partial charge in [-0.3, -0.25) is 0 Å². The molecule has 1 aliphatic carbocycles. The molecule has 0 heterocycles. The van der Waals surface area contributed by atoms with E-state index in [4.69, 9.17) is 0 Å². The topological polar surface area (TPSA) is 12.0 Å². The smallest absolute Gasteiger partial charge is 0.0585 e. The predicted molar refractivity (Wildman–Crippen MR) is 63.4 cm³/mol. The lowest BCUT2D eigenvalue weighted by molar-refractivity contribution is 0.472. The first-order valence-electron chi connectivity index (χ1n) is 5.56. The monoisotopic (exact) mass is 191 g/mol. The Bertz CT molecular complexity index is 227. The van der Waals surface area contributed by atoms with Gasteiger partial charge in [0.05, 0.1) is 5.54 Å². The number of rotatable bonds is 6. The van der Waals surface area contributed by atoms with E-state index < -0.39 is 0 Å². The predicted octanol–water partition coefficient (Wildman–Crippen LogP) is 3.21. The summed E-state index contributed by atoms with van der Waals surface area (Å²) in [6.07, 6.45) is 15.5. The average Bonchev–Trinajstić information content (AvgIpc) is 2.26. The van der Waals surface area contributed by atoms with Crippen LogP contribution >= 0.6 is 0 Å². The van der Waals surface area contributed by atoms with Crippen molar-refractivity contribution in [1.82, 2.24) is 5.32 Å². The molecule has 78 valence electrons. The van der Waals surface area contributed by atoms with Crippen molar-refractivity contribution in [3.63, 3.8) is 0 Å². The van der Waals surface area contributed by atoms with Crippen molar-refractivity contribution in [1.29, 1.82) is 0 Å². The Morgan fingerprint density at radius 1 is 1.43 bits per heavy atom. The van der Waals surface area contributed by atoms with Gasteiger partial charge in [-0.1, -0.05) is 50.1 Å². The normalized spacial score (nSPS) is 25.2. The minimum Gasteiger partial charge on any atom is -0.304 e. The van der Waals surface area contributed by atoms with Crippen LogP contribution in [0.15, 0.2) is 37.0 Å². The fraction of sp³-hybridized carbons (Fsp3) is 0.538. The van der Waals surface area contributed by atoms with Gasteiger partial charge in [0.15, 0.2) is 0 Å². The summed E-state index contributed by atoms with van der Waals surface area (Å²) in [7, 11) is 0. The Morgan fingerprint density at radius 2 is 2.29 bits per heavy atom. The van der Waals surface area contributed by atoms with Crippen molar-refractivity contribution in [2.24, 2.45) is 0 Å². The van der Waals surface area contributed by atoms with Crippen LogP contribution in [0.1, 0.15) is 32.6 Å². The summed E-state index contributed by atoms with van der Waals surface area (Å²) in [5.41, 5.74) is 0.0164. The fourth-order valence-corrected chi connectivity index (χ4v) is 1.69. The average molecular weight is 191 g/mol. The van der Waals surface area contributed by atoms with Crippen LogP contribution < -0.4 is 5.32 Å². The molecule has 0 unspecified atom stereocenters. The molecule has 14 heavy (non-hydrogen) atoms. The highest BCUT2D eigenvalue weighted by atomic mass is 15.0. The van der Waals surface area contributed by atoms with Gasteiger partial charge < -0.3 is 5.32 Å². The number of hydrogen-bond donors (Lipinski definition) is 1. The largest absolute Gasteiger partial charge is 0.304 e. The number of nitrogens with one attached hydrogen (secondary N) is 1. The van der Waals surface area contributed by atoms with Crippen molar-refractivity contribution in [2.45, 2.75) is 38.1 Å². The van der Waals surface area contributed by atoms with Gasteiger partial charge in [-0.05, 0) is 19.4 Å². The SMILES string of the molecule is C=C[C@@]1(NCCCCC)C=CC=CC1. The van der Waals surface area contributed by atoms with E-state index in [-0.39, 0.29) is 5.54 Å². The van der Waals surface area contributed by atoms with Crippen LogP contribution in [0, 0.1) is 0 Å². The number of unbranched alkanes of at least 4 members (excludes halogenated alkanes) is 2. The summed E-state index contributed by atoms with van der Waals surface area (Å²) >= 11 is 0. The van der Waals surface area contributed by atoms with Gasteiger partial charge in [-0.25, -0.2) is 0 Å². The van der Waals surface area contributed by atoms with E-state index >= 15 is 0 Å². The summed E-state index contributed by atoms with van der Waals surface area (Å²) in [5, 5.41) is 3.56. The zero-order valence-electron chi connectivity index (χ0n) is 9.13.